The summed E-state index contributed by atoms with van der Waals surface area (Å²) in [5, 5.41) is 16.6. The van der Waals surface area contributed by atoms with Crippen LogP contribution in [0.2, 0.25) is 0 Å². The van der Waals surface area contributed by atoms with Crippen molar-refractivity contribution in [2.75, 3.05) is 12.4 Å². The Labute approximate surface area is 211 Å². The number of benzene rings is 1. The number of ether oxygens (including phenoxy) is 1. The van der Waals surface area contributed by atoms with Crippen LogP contribution >= 0.6 is 11.3 Å². The van der Waals surface area contributed by atoms with Crippen LogP contribution < -0.4 is 20.7 Å². The number of methoxy groups -OCH3 is 1. The number of nitrogens with one attached hydrogen (secondary N) is 2. The molecule has 0 aliphatic heterocycles. The molecule has 0 fully saturated rings. The van der Waals surface area contributed by atoms with E-state index in [-0.39, 0.29) is 22.5 Å². The molecule has 10 nitrogen and oxygen atoms in total. The van der Waals surface area contributed by atoms with Crippen molar-refractivity contribution in [2.24, 2.45) is 10.6 Å². The van der Waals surface area contributed by atoms with Crippen molar-refractivity contribution in [1.82, 2.24) is 10.5 Å². The van der Waals surface area contributed by atoms with Gasteiger partial charge in [0.1, 0.15) is 10.6 Å². The highest BCUT2D eigenvalue weighted by Crippen LogP contribution is 2.36. The molecule has 0 aliphatic carbocycles. The maximum atomic E-state index is 12.1. The largest absolute Gasteiger partial charge is 0.495 e. The molecule has 0 bridgehead atoms. The summed E-state index contributed by atoms with van der Waals surface area (Å²) < 4.78 is 28.6. The van der Waals surface area contributed by atoms with Gasteiger partial charge in [-0.2, -0.15) is 0 Å². The highest BCUT2D eigenvalue weighted by Gasteiger charge is 2.23. The Morgan fingerprint density at radius 2 is 1.86 bits per heavy atom. The second kappa shape index (κ2) is 13.5. The number of rotatable bonds is 9. The number of thiazole rings is 1. The highest BCUT2D eigenvalue weighted by molar-refractivity contribution is 7.89. The quantitative estimate of drug-likeness (QED) is 0.215. The Balaban J connectivity index is 0.000000518. The first-order valence-electron chi connectivity index (χ1n) is 11.2. The van der Waals surface area contributed by atoms with E-state index in [9.17, 15) is 18.0 Å². The van der Waals surface area contributed by atoms with Gasteiger partial charge in [-0.15, -0.1) is 0 Å². The minimum absolute atomic E-state index is 0.0967. The van der Waals surface area contributed by atoms with E-state index in [0.717, 1.165) is 17.7 Å². The van der Waals surface area contributed by atoms with E-state index >= 15 is 0 Å². The van der Waals surface area contributed by atoms with E-state index in [2.05, 4.69) is 17.2 Å². The van der Waals surface area contributed by atoms with Gasteiger partial charge in [-0.1, -0.05) is 58.3 Å². The smallest absolute Gasteiger partial charge is 0.243 e. The maximum absolute atomic E-state index is 12.1. The Morgan fingerprint density at radius 3 is 2.37 bits per heavy atom. The summed E-state index contributed by atoms with van der Waals surface area (Å²) in [6, 6.07) is 4.72. The van der Waals surface area contributed by atoms with Crippen LogP contribution in [0.15, 0.2) is 23.1 Å². The summed E-state index contributed by atoms with van der Waals surface area (Å²) in [7, 11) is -2.55. The number of hydrogen-bond donors (Lipinski definition) is 4. The van der Waals surface area contributed by atoms with Crippen LogP contribution in [-0.4, -0.2) is 37.5 Å². The first kappa shape index (κ1) is 30.5. The lowest BCUT2D eigenvalue weighted by Crippen LogP contribution is -2.27. The third-order valence-corrected chi connectivity index (χ3v) is 6.87. The minimum atomic E-state index is -3.93. The molecule has 2 amide bonds. The number of nitrogens with two attached hydrogens (primary N) is 1. The summed E-state index contributed by atoms with van der Waals surface area (Å²) in [6.45, 7) is 9.34. The molecule has 0 saturated carbocycles. The van der Waals surface area contributed by atoms with Crippen LogP contribution in [0.4, 0.5) is 5.13 Å². The molecule has 0 spiro atoms. The van der Waals surface area contributed by atoms with Gasteiger partial charge in [0, 0.05) is 11.8 Å². The minimum Gasteiger partial charge on any atom is -0.495 e. The van der Waals surface area contributed by atoms with Gasteiger partial charge in [-0.25, -0.2) is 24.0 Å². The number of aromatic nitrogens is 1. The fourth-order valence-corrected chi connectivity index (χ4v) is 4.49. The Morgan fingerprint density at radius 1 is 1.20 bits per heavy atom. The zero-order valence-corrected chi connectivity index (χ0v) is 22.7. The van der Waals surface area contributed by atoms with Gasteiger partial charge in [-0.3, -0.25) is 14.8 Å². The number of anilines is 1. The van der Waals surface area contributed by atoms with Crippen LogP contribution in [0.5, 0.6) is 5.75 Å². The van der Waals surface area contributed by atoms with Crippen molar-refractivity contribution < 1.29 is 28.0 Å². The van der Waals surface area contributed by atoms with Gasteiger partial charge in [0.15, 0.2) is 5.13 Å². The van der Waals surface area contributed by atoms with Crippen LogP contribution in [-0.2, 0) is 19.6 Å². The van der Waals surface area contributed by atoms with Gasteiger partial charge >= 0.3 is 0 Å². The van der Waals surface area contributed by atoms with E-state index in [4.69, 9.17) is 15.1 Å². The highest BCUT2D eigenvalue weighted by atomic mass is 32.2. The third-order valence-electron chi connectivity index (χ3n) is 4.81. The molecule has 196 valence electrons. The molecule has 2 rings (SSSR count). The number of primary sulfonamides is 1. The van der Waals surface area contributed by atoms with E-state index in [0.29, 0.717) is 22.8 Å². The van der Waals surface area contributed by atoms with Crippen LogP contribution in [0, 0.1) is 12.3 Å². The molecule has 2 aromatic rings. The second-order valence-corrected chi connectivity index (χ2v) is 11.4. The van der Waals surface area contributed by atoms with Crippen LogP contribution in [0.3, 0.4) is 0 Å². The number of carbonyl (C=O) groups is 2. The zero-order chi connectivity index (χ0) is 26.8. The van der Waals surface area contributed by atoms with Gasteiger partial charge < -0.3 is 10.1 Å². The predicted octanol–water partition coefficient (Wildman–Crippen LogP) is 4.22. The molecular formula is C23H36N4O6S2. The molecule has 0 saturated heterocycles. The average molecular weight is 529 g/mol. The number of nitrogens with zero attached hydrogens (tertiary/aromatic N) is 1. The summed E-state index contributed by atoms with van der Waals surface area (Å²) in [5.41, 5.74) is 2.38. The first-order valence-corrected chi connectivity index (χ1v) is 13.5. The molecule has 0 unspecified atom stereocenters. The lowest BCUT2D eigenvalue weighted by Gasteiger charge is -2.15. The number of aryl methyl sites for hydroxylation is 1. The average Bonchev–Trinajstić information content (AvgIpc) is 3.15. The van der Waals surface area contributed by atoms with E-state index in [1.54, 1.807) is 24.5 Å². The zero-order valence-electron chi connectivity index (χ0n) is 21.1. The van der Waals surface area contributed by atoms with E-state index in [1.165, 1.54) is 37.4 Å². The number of amides is 2. The molecule has 1 heterocycles. The summed E-state index contributed by atoms with van der Waals surface area (Å²) in [6.07, 6.45) is 4.72. The maximum Gasteiger partial charge on any atom is 0.243 e. The molecule has 35 heavy (non-hydrogen) atoms. The Hall–Kier alpha value is -2.54. The number of sulfonamides is 1. The van der Waals surface area contributed by atoms with Gasteiger partial charge in [0.05, 0.1) is 17.7 Å². The third kappa shape index (κ3) is 9.92. The lowest BCUT2D eigenvalue weighted by molar-refractivity contribution is -0.129. The number of hydrogen-bond acceptors (Lipinski definition) is 8. The standard InChI is InChI=1S/C16H21N3O4S2.C7H15NO2/c1-9-13(24-15(18-9)19-14(20)16(2,3)4)10-6-7-11(23-5)12(8-10)25(17,21)22;1-2-3-4-5-6-7(9)8-10/h6-8H,1-5H3,(H2,17,21,22)(H,18,19,20);10H,2-6H2,1H3,(H,8,9). The molecule has 5 N–H and O–H groups in total. The Kier molecular flexibility index (Phi) is 11.8. The van der Waals surface area contributed by atoms with Gasteiger partial charge in [-0.05, 0) is 37.1 Å². The summed E-state index contributed by atoms with van der Waals surface area (Å²) >= 11 is 1.27. The Bertz CT molecular complexity index is 1110. The van der Waals surface area contributed by atoms with Crippen molar-refractivity contribution in [3.8, 4) is 16.2 Å². The molecular weight excluding hydrogens is 492 g/mol. The van der Waals surface area contributed by atoms with Crippen LogP contribution in [0.1, 0.15) is 65.5 Å². The SMILES string of the molecule is CCCCCCC(=O)NO.COc1ccc(-c2sc(NC(=O)C(C)(C)C)nc2C)cc1S(N)(=O)=O. The van der Waals surface area contributed by atoms with Crippen molar-refractivity contribution in [1.29, 1.82) is 0 Å². The molecule has 1 aromatic carbocycles. The van der Waals surface area contributed by atoms with Crippen molar-refractivity contribution in [2.45, 2.75) is 71.6 Å². The fraction of sp³-hybridized carbons (Fsp3) is 0.522. The normalized spacial score (nSPS) is 11.3. The molecule has 1 aromatic heterocycles. The lowest BCUT2D eigenvalue weighted by atomic mass is 9.96. The van der Waals surface area contributed by atoms with Gasteiger partial charge in [0.25, 0.3) is 0 Å². The van der Waals surface area contributed by atoms with Crippen LogP contribution in [0.25, 0.3) is 10.4 Å². The summed E-state index contributed by atoms with van der Waals surface area (Å²) in [5.74, 6) is -0.251. The second-order valence-electron chi connectivity index (χ2n) is 8.89. The molecule has 0 atom stereocenters. The predicted molar refractivity (Wildman–Crippen MR) is 137 cm³/mol. The number of hydroxylamine groups is 1. The van der Waals surface area contributed by atoms with Crippen molar-refractivity contribution in [3.05, 3.63) is 23.9 Å². The van der Waals surface area contributed by atoms with Gasteiger partial charge in [0.2, 0.25) is 21.8 Å². The van der Waals surface area contributed by atoms with E-state index in [1.807, 2.05) is 20.8 Å². The number of unbranched alkanes of at least 4 members (excludes halogenated alkanes) is 3. The first-order chi connectivity index (χ1) is 16.2. The van der Waals surface area contributed by atoms with Crippen molar-refractivity contribution in [3.63, 3.8) is 0 Å². The molecule has 0 aliphatic rings. The van der Waals surface area contributed by atoms with E-state index < -0.39 is 15.4 Å². The summed E-state index contributed by atoms with van der Waals surface area (Å²) in [4.78, 5) is 27.5. The molecule has 12 heteroatoms. The molecule has 0 radical (unpaired) electrons. The van der Waals surface area contributed by atoms with Crippen molar-refractivity contribution >= 4 is 38.3 Å². The monoisotopic (exact) mass is 528 g/mol. The number of carbonyl (C=O) groups excluding carboxylic acids is 2. The fourth-order valence-electron chi connectivity index (χ4n) is 2.81. The topological polar surface area (TPSA) is 161 Å².